The Morgan fingerprint density at radius 2 is 1.72 bits per heavy atom. The zero-order valence-electron chi connectivity index (χ0n) is 19.2. The summed E-state index contributed by atoms with van der Waals surface area (Å²) in [6.45, 7) is 8.73. The number of carboxylic acids is 1. The fourth-order valence-corrected chi connectivity index (χ4v) is 3.30. The highest BCUT2D eigenvalue weighted by molar-refractivity contribution is 5.76. The zero-order chi connectivity index (χ0) is 23.1. The molecular formula is C26H31N3O3. The first-order valence-electron chi connectivity index (χ1n) is 10.9. The summed E-state index contributed by atoms with van der Waals surface area (Å²) in [5.41, 5.74) is 3.42. The number of carboxylic acid groups (broad SMARTS) is 1. The van der Waals surface area contributed by atoms with Crippen molar-refractivity contribution in [2.45, 2.75) is 52.7 Å². The average Bonchev–Trinajstić information content (AvgIpc) is 2.77. The van der Waals surface area contributed by atoms with Gasteiger partial charge in [-0.3, -0.25) is 0 Å². The van der Waals surface area contributed by atoms with Crippen LogP contribution in [0.1, 0.15) is 43.0 Å². The van der Waals surface area contributed by atoms with E-state index in [-0.39, 0.29) is 0 Å². The molecule has 0 radical (unpaired) electrons. The number of hydrogen-bond donors (Lipinski definition) is 1. The van der Waals surface area contributed by atoms with E-state index in [9.17, 15) is 9.90 Å². The maximum atomic E-state index is 11.3. The topological polar surface area (TPSA) is 75.6 Å². The van der Waals surface area contributed by atoms with E-state index in [4.69, 9.17) is 4.74 Å². The van der Waals surface area contributed by atoms with Crippen LogP contribution in [0, 0.1) is 6.92 Å². The molecule has 0 spiro atoms. The van der Waals surface area contributed by atoms with Crippen molar-refractivity contribution < 1.29 is 14.6 Å². The van der Waals surface area contributed by atoms with Crippen molar-refractivity contribution in [1.82, 2.24) is 9.97 Å². The lowest BCUT2D eigenvalue weighted by atomic mass is 10.1. The summed E-state index contributed by atoms with van der Waals surface area (Å²) in [6.07, 6.45) is 5.49. The van der Waals surface area contributed by atoms with E-state index in [0.29, 0.717) is 11.7 Å². The van der Waals surface area contributed by atoms with Gasteiger partial charge >= 0.3 is 5.97 Å². The molecule has 2 aromatic carbocycles. The molecule has 3 rings (SSSR count). The Morgan fingerprint density at radius 3 is 2.31 bits per heavy atom. The number of aliphatic carboxylic acids is 1. The Hall–Kier alpha value is -3.41. The molecule has 3 aromatic rings. The lowest BCUT2D eigenvalue weighted by Crippen LogP contribution is -2.37. The molecule has 0 aliphatic rings. The molecule has 6 nitrogen and oxygen atoms in total. The molecule has 1 N–H and O–H groups in total. The largest absolute Gasteiger partial charge is 0.478 e. The summed E-state index contributed by atoms with van der Waals surface area (Å²) in [7, 11) is 0. The second-order valence-electron chi connectivity index (χ2n) is 8.47. The van der Waals surface area contributed by atoms with Crippen LogP contribution in [0.15, 0.2) is 60.9 Å². The minimum Gasteiger partial charge on any atom is -0.478 e. The van der Waals surface area contributed by atoms with E-state index in [2.05, 4.69) is 53.0 Å². The van der Waals surface area contributed by atoms with E-state index in [1.807, 2.05) is 36.7 Å². The monoisotopic (exact) mass is 433 g/mol. The van der Waals surface area contributed by atoms with Gasteiger partial charge in [0, 0.05) is 25.5 Å². The standard InChI is InChI=1S/C26H31N3O3/c1-5-20-16-27-25(28-17-20)29(18-22-8-6-7-19(2)15-22)14-13-21-9-11-23(12-10-21)32-26(3,4)24(30)31/h6-12,15-17H,5,13-14,18H2,1-4H3,(H,30,31). The third-order valence-corrected chi connectivity index (χ3v) is 5.32. The molecule has 0 atom stereocenters. The Kier molecular flexibility index (Phi) is 7.46. The Balaban J connectivity index is 1.72. The molecule has 0 aliphatic carbocycles. The van der Waals surface area contributed by atoms with Crippen LogP contribution in [0.3, 0.4) is 0 Å². The van der Waals surface area contributed by atoms with Gasteiger partial charge in [0.15, 0.2) is 5.60 Å². The van der Waals surface area contributed by atoms with Crippen LogP contribution in [0.5, 0.6) is 5.75 Å². The number of benzene rings is 2. The first-order valence-corrected chi connectivity index (χ1v) is 10.9. The summed E-state index contributed by atoms with van der Waals surface area (Å²) >= 11 is 0. The van der Waals surface area contributed by atoms with Crippen LogP contribution in [0.2, 0.25) is 0 Å². The molecule has 0 unspecified atom stereocenters. The van der Waals surface area contributed by atoms with Crippen LogP contribution < -0.4 is 9.64 Å². The predicted octanol–water partition coefficient (Wildman–Crippen LogP) is 4.84. The number of ether oxygens (including phenoxy) is 1. The van der Waals surface area contributed by atoms with Crippen LogP contribution in [-0.2, 0) is 24.2 Å². The lowest BCUT2D eigenvalue weighted by Gasteiger charge is -2.23. The normalized spacial score (nSPS) is 11.2. The molecular weight excluding hydrogens is 402 g/mol. The molecule has 1 heterocycles. The summed E-state index contributed by atoms with van der Waals surface area (Å²) in [6, 6.07) is 16.0. The molecule has 0 fully saturated rings. The lowest BCUT2D eigenvalue weighted by molar-refractivity contribution is -0.152. The second-order valence-corrected chi connectivity index (χ2v) is 8.47. The Labute approximate surface area is 189 Å². The number of carbonyl (C=O) groups is 1. The molecule has 168 valence electrons. The van der Waals surface area contributed by atoms with Crippen molar-refractivity contribution in [3.05, 3.63) is 83.2 Å². The highest BCUT2D eigenvalue weighted by atomic mass is 16.5. The second kappa shape index (κ2) is 10.3. The van der Waals surface area contributed by atoms with Crippen LogP contribution >= 0.6 is 0 Å². The van der Waals surface area contributed by atoms with Crippen molar-refractivity contribution in [2.24, 2.45) is 0 Å². The van der Waals surface area contributed by atoms with Gasteiger partial charge in [0.2, 0.25) is 5.95 Å². The van der Waals surface area contributed by atoms with Gasteiger partial charge < -0.3 is 14.7 Å². The molecule has 0 aliphatic heterocycles. The SMILES string of the molecule is CCc1cnc(N(CCc2ccc(OC(C)(C)C(=O)O)cc2)Cc2cccc(C)c2)nc1. The van der Waals surface area contributed by atoms with Gasteiger partial charge in [0.25, 0.3) is 0 Å². The quantitative estimate of drug-likeness (QED) is 0.493. The molecule has 0 bridgehead atoms. The summed E-state index contributed by atoms with van der Waals surface area (Å²) < 4.78 is 5.60. The average molecular weight is 434 g/mol. The molecule has 6 heteroatoms. The maximum Gasteiger partial charge on any atom is 0.347 e. The van der Waals surface area contributed by atoms with Gasteiger partial charge in [-0.15, -0.1) is 0 Å². The molecule has 0 amide bonds. The van der Waals surface area contributed by atoms with Gasteiger partial charge in [-0.2, -0.15) is 0 Å². The van der Waals surface area contributed by atoms with Crippen molar-refractivity contribution >= 4 is 11.9 Å². The number of rotatable bonds is 10. The van der Waals surface area contributed by atoms with E-state index >= 15 is 0 Å². The van der Waals surface area contributed by atoms with Crippen molar-refractivity contribution in [3.8, 4) is 5.75 Å². The highest BCUT2D eigenvalue weighted by Crippen LogP contribution is 2.20. The van der Waals surface area contributed by atoms with Crippen LogP contribution in [0.4, 0.5) is 5.95 Å². The van der Waals surface area contributed by atoms with Crippen molar-refractivity contribution in [1.29, 1.82) is 0 Å². The van der Waals surface area contributed by atoms with Gasteiger partial charge in [0.1, 0.15) is 5.75 Å². The van der Waals surface area contributed by atoms with E-state index in [0.717, 1.165) is 37.1 Å². The number of aromatic nitrogens is 2. The van der Waals surface area contributed by atoms with Gasteiger partial charge in [-0.05, 0) is 62.4 Å². The first-order chi connectivity index (χ1) is 15.3. The summed E-state index contributed by atoms with van der Waals surface area (Å²) in [5, 5.41) is 9.24. The number of hydrogen-bond acceptors (Lipinski definition) is 5. The van der Waals surface area contributed by atoms with Crippen molar-refractivity contribution in [2.75, 3.05) is 11.4 Å². The van der Waals surface area contributed by atoms with Crippen LogP contribution in [0.25, 0.3) is 0 Å². The fraction of sp³-hybridized carbons (Fsp3) is 0.346. The minimum atomic E-state index is -1.27. The predicted molar refractivity (Wildman–Crippen MR) is 126 cm³/mol. The first kappa shape index (κ1) is 23.3. The molecule has 0 saturated carbocycles. The molecule has 1 aromatic heterocycles. The van der Waals surface area contributed by atoms with E-state index in [1.165, 1.54) is 25.0 Å². The smallest absolute Gasteiger partial charge is 0.347 e. The summed E-state index contributed by atoms with van der Waals surface area (Å²) in [4.78, 5) is 22.6. The maximum absolute atomic E-state index is 11.3. The number of nitrogens with zero attached hydrogens (tertiary/aromatic N) is 3. The van der Waals surface area contributed by atoms with Crippen molar-refractivity contribution in [3.63, 3.8) is 0 Å². The third kappa shape index (κ3) is 6.30. The van der Waals surface area contributed by atoms with Crippen LogP contribution in [-0.4, -0.2) is 33.2 Å². The fourth-order valence-electron chi connectivity index (χ4n) is 3.30. The van der Waals surface area contributed by atoms with Gasteiger partial charge in [0.05, 0.1) is 0 Å². The van der Waals surface area contributed by atoms with Gasteiger partial charge in [-0.1, -0.05) is 48.9 Å². The Bertz CT molecular complexity index is 1030. The number of anilines is 1. The van der Waals surface area contributed by atoms with E-state index < -0.39 is 11.6 Å². The Morgan fingerprint density at radius 1 is 1.03 bits per heavy atom. The van der Waals surface area contributed by atoms with E-state index in [1.54, 1.807) is 0 Å². The number of aryl methyl sites for hydroxylation is 2. The minimum absolute atomic E-state index is 0.538. The third-order valence-electron chi connectivity index (χ3n) is 5.32. The van der Waals surface area contributed by atoms with Gasteiger partial charge in [-0.25, -0.2) is 14.8 Å². The molecule has 32 heavy (non-hydrogen) atoms. The molecule has 0 saturated heterocycles. The highest BCUT2D eigenvalue weighted by Gasteiger charge is 2.29. The zero-order valence-corrected chi connectivity index (χ0v) is 19.2. The summed E-state index contributed by atoms with van der Waals surface area (Å²) in [5.74, 6) is 0.255.